The number of aromatic amines is 1. The van der Waals surface area contributed by atoms with Crippen LogP contribution in [0.5, 0.6) is 0 Å². The molecule has 0 saturated carbocycles. The van der Waals surface area contributed by atoms with E-state index >= 15 is 0 Å². The number of hydrogen-bond donors (Lipinski definition) is 4. The molecule has 9 heteroatoms. The third-order valence-electron chi connectivity index (χ3n) is 4.74. The molecule has 1 aliphatic heterocycles. The quantitative estimate of drug-likeness (QED) is 0.411. The topological polar surface area (TPSA) is 108 Å². The molecule has 4 N–H and O–H groups in total. The molecule has 4 aromatic rings. The Bertz CT molecular complexity index is 1240. The number of rotatable bonds is 4. The third kappa shape index (κ3) is 3.45. The Hall–Kier alpha value is -3.65. The summed E-state index contributed by atoms with van der Waals surface area (Å²) in [5.41, 5.74) is 4.21. The van der Waals surface area contributed by atoms with E-state index in [0.717, 1.165) is 34.3 Å². The summed E-state index contributed by atoms with van der Waals surface area (Å²) in [5, 5.41) is 17.5. The van der Waals surface area contributed by atoms with Crippen molar-refractivity contribution in [3.63, 3.8) is 0 Å². The lowest BCUT2D eigenvalue weighted by molar-refractivity contribution is 0.0946. The number of aromatic nitrogens is 4. The summed E-state index contributed by atoms with van der Waals surface area (Å²) < 4.78 is 0. The van der Waals surface area contributed by atoms with Crippen LogP contribution in [0.25, 0.3) is 10.9 Å². The van der Waals surface area contributed by atoms with Gasteiger partial charge in [0.25, 0.3) is 5.91 Å². The van der Waals surface area contributed by atoms with Crippen LogP contribution in [-0.2, 0) is 6.42 Å². The molecule has 0 radical (unpaired) electrons. The highest BCUT2D eigenvalue weighted by molar-refractivity contribution is 6.32. The molecule has 3 heterocycles. The van der Waals surface area contributed by atoms with Gasteiger partial charge in [-0.05, 0) is 42.3 Å². The molecule has 5 rings (SSSR count). The van der Waals surface area contributed by atoms with Gasteiger partial charge in [-0.3, -0.25) is 9.89 Å². The number of benzene rings is 2. The van der Waals surface area contributed by atoms with E-state index in [2.05, 4.69) is 36.1 Å². The zero-order valence-electron chi connectivity index (χ0n) is 15.2. The fourth-order valence-corrected chi connectivity index (χ4v) is 3.43. The summed E-state index contributed by atoms with van der Waals surface area (Å²) in [6.45, 7) is 0.665. The number of carbonyl (C=O) groups excluding carboxylic acids is 1. The number of H-pyrrole nitrogens is 1. The van der Waals surface area contributed by atoms with Crippen LogP contribution in [0.15, 0.2) is 48.8 Å². The van der Waals surface area contributed by atoms with Gasteiger partial charge in [-0.1, -0.05) is 17.7 Å². The number of amides is 1. The number of carbonyl (C=O) groups is 1. The van der Waals surface area contributed by atoms with E-state index in [1.54, 1.807) is 6.20 Å². The van der Waals surface area contributed by atoms with Gasteiger partial charge in [-0.15, -0.1) is 0 Å². The van der Waals surface area contributed by atoms with E-state index in [4.69, 9.17) is 11.6 Å². The maximum absolute atomic E-state index is 12.1. The lowest BCUT2D eigenvalue weighted by Gasteiger charge is -2.17. The second-order valence-electron chi connectivity index (χ2n) is 6.69. The monoisotopic (exact) mass is 405 g/mol. The fourth-order valence-electron chi connectivity index (χ4n) is 3.29. The molecular formula is C20H16ClN7O. The van der Waals surface area contributed by atoms with Crippen LogP contribution >= 0.6 is 11.6 Å². The second kappa shape index (κ2) is 7.06. The summed E-state index contributed by atoms with van der Waals surface area (Å²) in [5.74, 6) is 0.782. The number of halogens is 1. The minimum atomic E-state index is -0.0658. The van der Waals surface area contributed by atoms with Crippen molar-refractivity contribution in [3.05, 3.63) is 64.9 Å². The maximum atomic E-state index is 12.1. The first kappa shape index (κ1) is 17.4. The van der Waals surface area contributed by atoms with Gasteiger partial charge < -0.3 is 16.0 Å². The Morgan fingerprint density at radius 2 is 1.90 bits per heavy atom. The van der Waals surface area contributed by atoms with E-state index in [9.17, 15) is 4.79 Å². The van der Waals surface area contributed by atoms with Gasteiger partial charge in [0.1, 0.15) is 5.02 Å². The molecular weight excluding hydrogens is 390 g/mol. The Labute approximate surface area is 170 Å². The molecule has 0 fully saturated rings. The van der Waals surface area contributed by atoms with E-state index < -0.39 is 0 Å². The summed E-state index contributed by atoms with van der Waals surface area (Å²) >= 11 is 6.27. The number of anilines is 4. The average Bonchev–Trinajstić information content (AvgIpc) is 3.19. The Kier molecular flexibility index (Phi) is 4.25. The molecule has 0 bridgehead atoms. The van der Waals surface area contributed by atoms with Crippen molar-refractivity contribution in [3.8, 4) is 0 Å². The van der Waals surface area contributed by atoms with Gasteiger partial charge in [-0.25, -0.2) is 4.98 Å². The normalized spacial score (nSPS) is 13.1. The van der Waals surface area contributed by atoms with Gasteiger partial charge in [0.15, 0.2) is 5.82 Å². The molecule has 0 spiro atoms. The highest BCUT2D eigenvalue weighted by Crippen LogP contribution is 2.27. The van der Waals surface area contributed by atoms with Crippen LogP contribution in [0.4, 0.5) is 23.1 Å². The Morgan fingerprint density at radius 1 is 1.03 bits per heavy atom. The van der Waals surface area contributed by atoms with Crippen molar-refractivity contribution < 1.29 is 4.79 Å². The van der Waals surface area contributed by atoms with Crippen molar-refractivity contribution in [1.29, 1.82) is 0 Å². The Balaban J connectivity index is 1.40. The fraction of sp³-hybridized carbons (Fsp3) is 0.100. The average molecular weight is 406 g/mol. The van der Waals surface area contributed by atoms with Gasteiger partial charge >= 0.3 is 0 Å². The zero-order valence-corrected chi connectivity index (χ0v) is 15.9. The van der Waals surface area contributed by atoms with Crippen LogP contribution in [0.2, 0.25) is 5.02 Å². The predicted molar refractivity (Wildman–Crippen MR) is 112 cm³/mol. The van der Waals surface area contributed by atoms with Gasteiger partial charge in [0, 0.05) is 28.9 Å². The van der Waals surface area contributed by atoms with Gasteiger partial charge in [0.05, 0.1) is 17.9 Å². The third-order valence-corrected chi connectivity index (χ3v) is 5.01. The number of hydrogen-bond acceptors (Lipinski definition) is 6. The first-order valence-electron chi connectivity index (χ1n) is 9.06. The molecule has 2 aromatic heterocycles. The minimum absolute atomic E-state index is 0.0658. The smallest absolute Gasteiger partial charge is 0.251 e. The lowest BCUT2D eigenvalue weighted by atomic mass is 10.00. The molecule has 144 valence electrons. The highest BCUT2D eigenvalue weighted by Gasteiger charge is 2.17. The van der Waals surface area contributed by atoms with Crippen molar-refractivity contribution in [1.82, 2.24) is 25.5 Å². The predicted octanol–water partition coefficient (Wildman–Crippen LogP) is 3.78. The van der Waals surface area contributed by atoms with Crippen LogP contribution < -0.4 is 16.0 Å². The summed E-state index contributed by atoms with van der Waals surface area (Å²) in [4.78, 5) is 20.8. The van der Waals surface area contributed by atoms with Crippen LogP contribution in [0.3, 0.4) is 0 Å². The molecule has 8 nitrogen and oxygen atoms in total. The van der Waals surface area contributed by atoms with Crippen molar-refractivity contribution in [2.75, 3.05) is 17.2 Å². The molecule has 1 aliphatic rings. The first-order valence-corrected chi connectivity index (χ1v) is 9.44. The molecule has 0 saturated heterocycles. The number of nitrogens with one attached hydrogen (secondary N) is 4. The van der Waals surface area contributed by atoms with Gasteiger partial charge in [-0.2, -0.15) is 10.1 Å². The molecule has 29 heavy (non-hydrogen) atoms. The zero-order chi connectivity index (χ0) is 19.8. The molecule has 0 atom stereocenters. The molecule has 0 aliphatic carbocycles. The lowest BCUT2D eigenvalue weighted by Crippen LogP contribution is -2.31. The number of nitrogens with zero attached hydrogens (tertiary/aromatic N) is 3. The summed E-state index contributed by atoms with van der Waals surface area (Å²) in [6, 6.07) is 11.5. The second-order valence-corrected chi connectivity index (χ2v) is 7.10. The van der Waals surface area contributed by atoms with E-state index in [1.165, 1.54) is 6.20 Å². The largest absolute Gasteiger partial charge is 0.352 e. The van der Waals surface area contributed by atoms with Crippen LogP contribution in [0.1, 0.15) is 15.9 Å². The van der Waals surface area contributed by atoms with Crippen molar-refractivity contribution in [2.24, 2.45) is 0 Å². The van der Waals surface area contributed by atoms with E-state index in [-0.39, 0.29) is 5.91 Å². The van der Waals surface area contributed by atoms with Gasteiger partial charge in [0.2, 0.25) is 5.95 Å². The molecule has 2 aromatic carbocycles. The summed E-state index contributed by atoms with van der Waals surface area (Å²) in [7, 11) is 0. The van der Waals surface area contributed by atoms with Crippen molar-refractivity contribution >= 4 is 51.6 Å². The van der Waals surface area contributed by atoms with Crippen LogP contribution in [0, 0.1) is 0 Å². The molecule has 1 amide bonds. The molecule has 0 unspecified atom stereocenters. The van der Waals surface area contributed by atoms with Crippen LogP contribution in [-0.4, -0.2) is 32.6 Å². The van der Waals surface area contributed by atoms with E-state index in [1.807, 2.05) is 36.4 Å². The summed E-state index contributed by atoms with van der Waals surface area (Å²) in [6.07, 6.45) is 4.11. The number of fused-ring (bicyclic) bond motifs is 2. The first-order chi connectivity index (χ1) is 14.2. The SMILES string of the molecule is O=C1NCCc2ccc(Nc3ncc(Cl)c(Nc4ccc5[nH]ncc5c4)n3)cc21. The standard InChI is InChI=1S/C20H16ClN7O/c21-16-10-23-20(26-14-2-1-11-5-6-22-19(29)15(11)8-14)27-18(16)25-13-3-4-17-12(7-13)9-24-28-17/h1-4,7-10H,5-6H2,(H,22,29)(H,24,28)(H2,23,25,26,27). The maximum Gasteiger partial charge on any atom is 0.251 e. The minimum Gasteiger partial charge on any atom is -0.352 e. The highest BCUT2D eigenvalue weighted by atomic mass is 35.5. The Morgan fingerprint density at radius 3 is 2.83 bits per heavy atom. The van der Waals surface area contributed by atoms with E-state index in [0.29, 0.717) is 28.9 Å². The van der Waals surface area contributed by atoms with Crippen molar-refractivity contribution in [2.45, 2.75) is 6.42 Å².